The third kappa shape index (κ3) is 2.12. The number of anilines is 1. The zero-order valence-electron chi connectivity index (χ0n) is 12.1. The molecule has 1 saturated carbocycles. The van der Waals surface area contributed by atoms with Crippen molar-refractivity contribution < 1.29 is 4.79 Å². The minimum atomic E-state index is 0.0723. The van der Waals surface area contributed by atoms with E-state index in [1.54, 1.807) is 0 Å². The van der Waals surface area contributed by atoms with Crippen molar-refractivity contribution in [2.24, 2.45) is 11.7 Å². The first kappa shape index (κ1) is 12.8. The van der Waals surface area contributed by atoms with Gasteiger partial charge >= 0.3 is 0 Å². The van der Waals surface area contributed by atoms with Crippen LogP contribution in [0.3, 0.4) is 0 Å². The van der Waals surface area contributed by atoms with Crippen LogP contribution < -0.4 is 11.1 Å². The van der Waals surface area contributed by atoms with E-state index in [2.05, 4.69) is 35.6 Å². The maximum absolute atomic E-state index is 12.4. The van der Waals surface area contributed by atoms with Crippen LogP contribution >= 0.6 is 0 Å². The van der Waals surface area contributed by atoms with E-state index in [9.17, 15) is 4.79 Å². The molecule has 2 aliphatic rings. The smallest absolute Gasteiger partial charge is 0.227 e. The second-order valence-corrected chi connectivity index (χ2v) is 6.37. The van der Waals surface area contributed by atoms with E-state index >= 15 is 0 Å². The first-order valence-corrected chi connectivity index (χ1v) is 7.82. The van der Waals surface area contributed by atoms with Gasteiger partial charge in [-0.15, -0.1) is 0 Å². The van der Waals surface area contributed by atoms with Crippen molar-refractivity contribution in [3.8, 4) is 0 Å². The van der Waals surface area contributed by atoms with Gasteiger partial charge in [-0.3, -0.25) is 4.79 Å². The van der Waals surface area contributed by atoms with Crippen LogP contribution in [-0.4, -0.2) is 11.9 Å². The highest BCUT2D eigenvalue weighted by Crippen LogP contribution is 2.35. The summed E-state index contributed by atoms with van der Waals surface area (Å²) in [5.41, 5.74) is 9.67. The molecule has 2 aromatic carbocycles. The molecule has 108 valence electrons. The monoisotopic (exact) mass is 280 g/mol. The van der Waals surface area contributed by atoms with E-state index in [1.807, 2.05) is 0 Å². The van der Waals surface area contributed by atoms with Crippen LogP contribution in [0.4, 0.5) is 5.69 Å². The molecule has 0 aromatic heterocycles. The highest BCUT2D eigenvalue weighted by molar-refractivity contribution is 6.05. The van der Waals surface area contributed by atoms with Gasteiger partial charge < -0.3 is 11.1 Å². The average molecular weight is 280 g/mol. The van der Waals surface area contributed by atoms with Crippen molar-refractivity contribution in [1.29, 1.82) is 0 Å². The van der Waals surface area contributed by atoms with Crippen molar-refractivity contribution in [2.45, 2.75) is 38.1 Å². The Kier molecular flexibility index (Phi) is 2.96. The summed E-state index contributed by atoms with van der Waals surface area (Å²) in [5.74, 6) is 0.199. The fourth-order valence-electron chi connectivity index (χ4n) is 3.85. The number of carbonyl (C=O) groups excluding carboxylic acids is 1. The fraction of sp³-hybridized carbons (Fsp3) is 0.389. The molecule has 0 saturated heterocycles. The number of nitrogens with one attached hydrogen (secondary N) is 1. The molecular formula is C18H20N2O. The molecule has 0 spiro atoms. The quantitative estimate of drug-likeness (QED) is 0.888. The van der Waals surface area contributed by atoms with Gasteiger partial charge in [0.2, 0.25) is 5.91 Å². The van der Waals surface area contributed by atoms with Crippen molar-refractivity contribution in [1.82, 2.24) is 0 Å². The van der Waals surface area contributed by atoms with Crippen LogP contribution in [0.5, 0.6) is 0 Å². The summed E-state index contributed by atoms with van der Waals surface area (Å²) in [7, 11) is 0. The van der Waals surface area contributed by atoms with Crippen molar-refractivity contribution in [3.05, 3.63) is 41.5 Å². The van der Waals surface area contributed by atoms with Gasteiger partial charge in [-0.25, -0.2) is 0 Å². The van der Waals surface area contributed by atoms with E-state index in [4.69, 9.17) is 5.73 Å². The molecule has 1 fully saturated rings. The molecule has 2 aliphatic carbocycles. The van der Waals surface area contributed by atoms with E-state index in [0.29, 0.717) is 0 Å². The molecule has 2 atom stereocenters. The van der Waals surface area contributed by atoms with E-state index < -0.39 is 0 Å². The lowest BCUT2D eigenvalue weighted by Gasteiger charge is -2.14. The Bertz CT molecular complexity index is 712. The number of benzene rings is 2. The summed E-state index contributed by atoms with van der Waals surface area (Å²) < 4.78 is 0. The minimum Gasteiger partial charge on any atom is -0.328 e. The number of carbonyl (C=O) groups is 1. The number of rotatable bonds is 2. The Hall–Kier alpha value is -1.87. The van der Waals surface area contributed by atoms with Gasteiger partial charge in [0.1, 0.15) is 0 Å². The lowest BCUT2D eigenvalue weighted by atomic mass is 10.0. The normalized spacial score (nSPS) is 23.7. The first-order chi connectivity index (χ1) is 10.2. The summed E-state index contributed by atoms with van der Waals surface area (Å²) in [4.78, 5) is 12.4. The van der Waals surface area contributed by atoms with Crippen molar-refractivity contribution in [3.63, 3.8) is 0 Å². The van der Waals surface area contributed by atoms with Crippen molar-refractivity contribution >= 4 is 22.4 Å². The number of amides is 1. The van der Waals surface area contributed by atoms with Crippen LogP contribution in [0.1, 0.15) is 30.4 Å². The maximum Gasteiger partial charge on any atom is 0.227 e. The zero-order valence-corrected chi connectivity index (χ0v) is 12.1. The molecule has 3 N–H and O–H groups in total. The lowest BCUT2D eigenvalue weighted by Crippen LogP contribution is -2.23. The Morgan fingerprint density at radius 2 is 1.90 bits per heavy atom. The molecule has 2 unspecified atom stereocenters. The Labute approximate surface area is 124 Å². The van der Waals surface area contributed by atoms with Gasteiger partial charge in [-0.1, -0.05) is 24.3 Å². The molecular weight excluding hydrogens is 260 g/mol. The van der Waals surface area contributed by atoms with Gasteiger partial charge in [0.05, 0.1) is 0 Å². The predicted molar refractivity (Wildman–Crippen MR) is 85.3 cm³/mol. The highest BCUT2D eigenvalue weighted by Gasteiger charge is 2.28. The average Bonchev–Trinajstić information content (AvgIpc) is 3.10. The lowest BCUT2D eigenvalue weighted by molar-refractivity contribution is -0.119. The molecule has 3 heteroatoms. The third-order valence-corrected chi connectivity index (χ3v) is 4.98. The number of aryl methyl sites for hydroxylation is 2. The summed E-state index contributed by atoms with van der Waals surface area (Å²) in [6.07, 6.45) is 4.91. The maximum atomic E-state index is 12.4. The van der Waals surface area contributed by atoms with Crippen LogP contribution in [0, 0.1) is 5.92 Å². The van der Waals surface area contributed by atoms with Gasteiger partial charge in [-0.2, -0.15) is 0 Å². The Morgan fingerprint density at radius 3 is 2.67 bits per heavy atom. The number of hydrogen-bond acceptors (Lipinski definition) is 2. The molecule has 0 aliphatic heterocycles. The topological polar surface area (TPSA) is 55.1 Å². The number of hydrogen-bond donors (Lipinski definition) is 2. The van der Waals surface area contributed by atoms with Crippen molar-refractivity contribution in [2.75, 3.05) is 5.32 Å². The van der Waals surface area contributed by atoms with E-state index in [-0.39, 0.29) is 17.9 Å². The third-order valence-electron chi connectivity index (χ3n) is 4.98. The van der Waals surface area contributed by atoms with Gasteiger partial charge in [0.25, 0.3) is 0 Å². The summed E-state index contributed by atoms with van der Waals surface area (Å²) in [5, 5.41) is 5.66. The van der Waals surface area contributed by atoms with Gasteiger partial charge in [0, 0.05) is 23.0 Å². The van der Waals surface area contributed by atoms with Crippen LogP contribution in [0.2, 0.25) is 0 Å². The zero-order chi connectivity index (χ0) is 14.4. The molecule has 4 rings (SSSR count). The fourth-order valence-corrected chi connectivity index (χ4v) is 3.85. The first-order valence-electron chi connectivity index (χ1n) is 7.82. The standard InChI is InChI=1S/C18H20N2O/c19-14-8-6-13(10-14)18(21)20-16-9-7-12-5-4-11-2-1-3-15(16)17(11)12/h1-3,7,9,13-14H,4-6,8,10,19H2,(H,20,21). The summed E-state index contributed by atoms with van der Waals surface area (Å²) >= 11 is 0. The highest BCUT2D eigenvalue weighted by atomic mass is 16.1. The summed E-state index contributed by atoms with van der Waals surface area (Å²) in [6.45, 7) is 0. The Morgan fingerprint density at radius 1 is 1.10 bits per heavy atom. The minimum absolute atomic E-state index is 0.0723. The molecule has 0 bridgehead atoms. The molecule has 0 radical (unpaired) electrons. The Balaban J connectivity index is 1.67. The molecule has 0 heterocycles. The van der Waals surface area contributed by atoms with Crippen LogP contribution in [-0.2, 0) is 17.6 Å². The molecule has 3 nitrogen and oxygen atoms in total. The molecule has 21 heavy (non-hydrogen) atoms. The van der Waals surface area contributed by atoms with Crippen LogP contribution in [0.15, 0.2) is 30.3 Å². The van der Waals surface area contributed by atoms with Crippen LogP contribution in [0.25, 0.3) is 10.8 Å². The second kappa shape index (κ2) is 4.85. The predicted octanol–water partition coefficient (Wildman–Crippen LogP) is 3.00. The van der Waals surface area contributed by atoms with E-state index in [0.717, 1.165) is 37.8 Å². The second-order valence-electron chi connectivity index (χ2n) is 6.37. The number of nitrogens with two attached hydrogens (primary N) is 1. The summed E-state index contributed by atoms with van der Waals surface area (Å²) in [6, 6.07) is 10.8. The van der Waals surface area contributed by atoms with Gasteiger partial charge in [0.15, 0.2) is 0 Å². The molecule has 1 amide bonds. The largest absolute Gasteiger partial charge is 0.328 e. The SMILES string of the molecule is NC1CCC(C(=O)Nc2ccc3c4c(cccc24)CC3)C1. The van der Waals surface area contributed by atoms with E-state index in [1.165, 1.54) is 21.9 Å². The molecule has 2 aromatic rings. The van der Waals surface area contributed by atoms with Gasteiger partial charge in [-0.05, 0) is 54.7 Å².